The highest BCUT2D eigenvalue weighted by Gasteiger charge is 2.11. The predicted octanol–water partition coefficient (Wildman–Crippen LogP) is 4.43. The van der Waals surface area contributed by atoms with E-state index in [9.17, 15) is 18.9 Å². The van der Waals surface area contributed by atoms with E-state index >= 15 is 0 Å². The molecular formula is C12H6BrF2NO3. The number of nitro benzene ring substituents is 1. The fraction of sp³-hybridized carbons (Fsp3) is 0. The number of halogens is 3. The van der Waals surface area contributed by atoms with E-state index < -0.39 is 22.2 Å². The van der Waals surface area contributed by atoms with Gasteiger partial charge in [0, 0.05) is 16.6 Å². The fourth-order valence-corrected chi connectivity index (χ4v) is 1.88. The average Bonchev–Trinajstić information content (AvgIpc) is 2.26. The molecule has 0 aliphatic carbocycles. The molecule has 0 radical (unpaired) electrons. The largest absolute Gasteiger partial charge is 0.457 e. The van der Waals surface area contributed by atoms with Crippen molar-refractivity contribution in [3.63, 3.8) is 0 Å². The van der Waals surface area contributed by atoms with Crippen LogP contribution < -0.4 is 4.74 Å². The lowest BCUT2D eigenvalue weighted by molar-refractivity contribution is -0.385. The topological polar surface area (TPSA) is 52.4 Å². The molecule has 0 amide bonds. The van der Waals surface area contributed by atoms with Gasteiger partial charge in [-0.2, -0.15) is 0 Å². The summed E-state index contributed by atoms with van der Waals surface area (Å²) in [6, 6.07) is 6.57. The standard InChI is InChI=1S/C12H6BrF2NO3/c13-7-1-8(14)4-11(2-7)19-12-5-9(15)3-10(6-12)16(17)18/h1-6H. The average molecular weight is 330 g/mol. The quantitative estimate of drug-likeness (QED) is 0.618. The van der Waals surface area contributed by atoms with Crippen molar-refractivity contribution < 1.29 is 18.4 Å². The van der Waals surface area contributed by atoms with E-state index in [2.05, 4.69) is 15.9 Å². The smallest absolute Gasteiger partial charge is 0.276 e. The summed E-state index contributed by atoms with van der Waals surface area (Å²) in [5, 5.41) is 10.6. The summed E-state index contributed by atoms with van der Waals surface area (Å²) in [7, 11) is 0. The van der Waals surface area contributed by atoms with Crippen molar-refractivity contribution in [1.82, 2.24) is 0 Å². The molecule has 2 aromatic rings. The summed E-state index contributed by atoms with van der Waals surface area (Å²) in [6.45, 7) is 0. The van der Waals surface area contributed by atoms with Crippen LogP contribution in [0.4, 0.5) is 14.5 Å². The monoisotopic (exact) mass is 329 g/mol. The zero-order chi connectivity index (χ0) is 14.0. The first-order valence-electron chi connectivity index (χ1n) is 5.03. The van der Waals surface area contributed by atoms with Gasteiger partial charge >= 0.3 is 0 Å². The lowest BCUT2D eigenvalue weighted by Gasteiger charge is -2.06. The molecule has 0 aliphatic heterocycles. The maximum atomic E-state index is 13.2. The van der Waals surface area contributed by atoms with Crippen LogP contribution in [0.5, 0.6) is 11.5 Å². The van der Waals surface area contributed by atoms with Crippen LogP contribution in [0.2, 0.25) is 0 Å². The first-order valence-corrected chi connectivity index (χ1v) is 5.82. The van der Waals surface area contributed by atoms with Crippen LogP contribution in [0.15, 0.2) is 40.9 Å². The number of hydrogen-bond acceptors (Lipinski definition) is 3. The number of rotatable bonds is 3. The Morgan fingerprint density at radius 2 is 1.58 bits per heavy atom. The van der Waals surface area contributed by atoms with E-state index in [1.165, 1.54) is 12.1 Å². The zero-order valence-corrected chi connectivity index (χ0v) is 10.9. The van der Waals surface area contributed by atoms with E-state index in [0.717, 1.165) is 24.3 Å². The summed E-state index contributed by atoms with van der Waals surface area (Å²) < 4.78 is 31.9. The van der Waals surface area contributed by atoms with Crippen LogP contribution in [0.1, 0.15) is 0 Å². The minimum absolute atomic E-state index is 0.0794. The van der Waals surface area contributed by atoms with Gasteiger partial charge in [-0.3, -0.25) is 10.1 Å². The number of ether oxygens (including phenoxy) is 1. The minimum atomic E-state index is -0.806. The normalized spacial score (nSPS) is 10.3. The van der Waals surface area contributed by atoms with Gasteiger partial charge in [0.25, 0.3) is 5.69 Å². The fourth-order valence-electron chi connectivity index (χ4n) is 1.44. The van der Waals surface area contributed by atoms with Crippen molar-refractivity contribution in [1.29, 1.82) is 0 Å². The highest BCUT2D eigenvalue weighted by Crippen LogP contribution is 2.29. The third kappa shape index (κ3) is 3.47. The van der Waals surface area contributed by atoms with Crippen molar-refractivity contribution in [2.24, 2.45) is 0 Å². The van der Waals surface area contributed by atoms with Crippen molar-refractivity contribution in [2.45, 2.75) is 0 Å². The van der Waals surface area contributed by atoms with E-state index in [0.29, 0.717) is 4.47 Å². The predicted molar refractivity (Wildman–Crippen MR) is 67.2 cm³/mol. The van der Waals surface area contributed by atoms with E-state index in [-0.39, 0.29) is 11.5 Å². The summed E-state index contributed by atoms with van der Waals surface area (Å²) in [4.78, 5) is 9.84. The molecule has 98 valence electrons. The highest BCUT2D eigenvalue weighted by molar-refractivity contribution is 9.10. The summed E-state index contributed by atoms with van der Waals surface area (Å²) in [5.74, 6) is -1.33. The summed E-state index contributed by atoms with van der Waals surface area (Å²) in [6.07, 6.45) is 0. The molecule has 0 atom stereocenters. The Kier molecular flexibility index (Phi) is 3.75. The molecule has 2 aromatic carbocycles. The molecule has 19 heavy (non-hydrogen) atoms. The minimum Gasteiger partial charge on any atom is -0.457 e. The van der Waals surface area contributed by atoms with E-state index in [1.54, 1.807) is 0 Å². The van der Waals surface area contributed by atoms with Crippen LogP contribution in [0.25, 0.3) is 0 Å². The van der Waals surface area contributed by atoms with E-state index in [1.807, 2.05) is 0 Å². The Bertz CT molecular complexity index is 629. The number of nitro groups is 1. The van der Waals surface area contributed by atoms with Gasteiger partial charge in [0.15, 0.2) is 0 Å². The van der Waals surface area contributed by atoms with Crippen LogP contribution >= 0.6 is 15.9 Å². The van der Waals surface area contributed by atoms with Gasteiger partial charge in [-0.1, -0.05) is 15.9 Å². The lowest BCUT2D eigenvalue weighted by Crippen LogP contribution is -1.92. The highest BCUT2D eigenvalue weighted by atomic mass is 79.9. The SMILES string of the molecule is O=[N+]([O-])c1cc(F)cc(Oc2cc(F)cc(Br)c2)c1. The Labute approximate surface area is 114 Å². The maximum Gasteiger partial charge on any atom is 0.276 e. The summed E-state index contributed by atoms with van der Waals surface area (Å²) in [5.41, 5.74) is -0.439. The molecule has 0 aromatic heterocycles. The van der Waals surface area contributed by atoms with Crippen molar-refractivity contribution in [3.05, 3.63) is 62.6 Å². The van der Waals surface area contributed by atoms with Crippen molar-refractivity contribution >= 4 is 21.6 Å². The first kappa shape index (κ1) is 13.4. The molecule has 0 bridgehead atoms. The van der Waals surface area contributed by atoms with Crippen LogP contribution in [-0.2, 0) is 0 Å². The van der Waals surface area contributed by atoms with Crippen LogP contribution in [0.3, 0.4) is 0 Å². The van der Waals surface area contributed by atoms with E-state index in [4.69, 9.17) is 4.74 Å². The molecule has 0 aliphatic rings. The Morgan fingerprint density at radius 1 is 1.00 bits per heavy atom. The van der Waals surface area contributed by atoms with Gasteiger partial charge in [-0.05, 0) is 12.1 Å². The van der Waals surface area contributed by atoms with Gasteiger partial charge in [-0.15, -0.1) is 0 Å². The van der Waals surface area contributed by atoms with Gasteiger partial charge < -0.3 is 4.74 Å². The molecule has 0 N–H and O–H groups in total. The molecule has 4 nitrogen and oxygen atoms in total. The molecule has 0 saturated carbocycles. The van der Waals surface area contributed by atoms with Gasteiger partial charge in [0.2, 0.25) is 0 Å². The molecule has 0 unspecified atom stereocenters. The second kappa shape index (κ2) is 5.31. The third-order valence-corrected chi connectivity index (χ3v) is 2.60. The molecule has 0 fully saturated rings. The lowest BCUT2D eigenvalue weighted by atomic mass is 10.3. The number of hydrogen-bond donors (Lipinski definition) is 0. The van der Waals surface area contributed by atoms with Crippen molar-refractivity contribution in [3.8, 4) is 11.5 Å². The van der Waals surface area contributed by atoms with Crippen LogP contribution in [-0.4, -0.2) is 4.92 Å². The third-order valence-electron chi connectivity index (χ3n) is 2.14. The Morgan fingerprint density at radius 3 is 2.16 bits per heavy atom. The molecule has 0 heterocycles. The molecule has 7 heteroatoms. The number of nitrogens with zero attached hydrogens (tertiary/aromatic N) is 1. The molecule has 2 rings (SSSR count). The number of benzene rings is 2. The van der Waals surface area contributed by atoms with Crippen molar-refractivity contribution in [2.75, 3.05) is 0 Å². The zero-order valence-electron chi connectivity index (χ0n) is 9.27. The second-order valence-corrected chi connectivity index (χ2v) is 4.53. The Hall–Kier alpha value is -2.02. The molecule has 0 spiro atoms. The summed E-state index contributed by atoms with van der Waals surface area (Å²) >= 11 is 3.08. The molecular weight excluding hydrogens is 324 g/mol. The van der Waals surface area contributed by atoms with Gasteiger partial charge in [0.05, 0.1) is 17.1 Å². The number of non-ortho nitro benzene ring substituents is 1. The molecule has 0 saturated heterocycles. The van der Waals surface area contributed by atoms with Gasteiger partial charge in [-0.25, -0.2) is 8.78 Å². The second-order valence-electron chi connectivity index (χ2n) is 3.61. The Balaban J connectivity index is 2.35. The van der Waals surface area contributed by atoms with Crippen LogP contribution in [0, 0.1) is 21.7 Å². The maximum absolute atomic E-state index is 13.2. The first-order chi connectivity index (χ1) is 8.94. The van der Waals surface area contributed by atoms with Gasteiger partial charge in [0.1, 0.15) is 23.1 Å².